The molecule has 0 aromatic carbocycles. The van der Waals surface area contributed by atoms with Crippen LogP contribution in [0.5, 0.6) is 0 Å². The lowest BCUT2D eigenvalue weighted by molar-refractivity contribution is -0.113. The summed E-state index contributed by atoms with van der Waals surface area (Å²) in [5, 5.41) is 3.71. The van der Waals surface area contributed by atoms with E-state index < -0.39 is 0 Å². The third-order valence-corrected chi connectivity index (χ3v) is 3.03. The van der Waals surface area contributed by atoms with E-state index >= 15 is 0 Å². The largest absolute Gasteiger partial charge is 0.301 e. The summed E-state index contributed by atoms with van der Waals surface area (Å²) in [6.45, 7) is 4.07. The highest BCUT2D eigenvalue weighted by Crippen LogP contribution is 2.22. The first-order valence-corrected chi connectivity index (χ1v) is 5.93. The summed E-state index contributed by atoms with van der Waals surface area (Å²) >= 11 is 4.60. The summed E-state index contributed by atoms with van der Waals surface area (Å²) < 4.78 is 0. The van der Waals surface area contributed by atoms with Gasteiger partial charge in [-0.25, -0.2) is 4.98 Å². The van der Waals surface area contributed by atoms with Crippen LogP contribution in [0.2, 0.25) is 0 Å². The fourth-order valence-electron chi connectivity index (χ4n) is 0.962. The highest BCUT2D eigenvalue weighted by atomic mass is 79.9. The van der Waals surface area contributed by atoms with E-state index in [9.17, 15) is 4.79 Å². The van der Waals surface area contributed by atoms with Gasteiger partial charge in [0.25, 0.3) is 0 Å². The number of carbonyl (C=O) groups excluding carboxylic acids is 1. The first-order valence-electron chi connectivity index (χ1n) is 3.99. The maximum Gasteiger partial charge on any atom is 0.236 e. The van der Waals surface area contributed by atoms with Gasteiger partial charge >= 0.3 is 0 Å². The maximum atomic E-state index is 11.0. The van der Waals surface area contributed by atoms with Gasteiger partial charge in [0, 0.05) is 4.88 Å². The molecule has 1 amide bonds. The monoisotopic (exact) mass is 262 g/mol. The topological polar surface area (TPSA) is 42.0 Å². The molecule has 3 nitrogen and oxygen atoms in total. The summed E-state index contributed by atoms with van der Waals surface area (Å²) in [5.74, 6) is -0.0589. The number of hydrogen-bond acceptors (Lipinski definition) is 3. The first kappa shape index (κ1) is 10.7. The molecule has 72 valence electrons. The summed E-state index contributed by atoms with van der Waals surface area (Å²) in [4.78, 5) is 16.5. The van der Waals surface area contributed by atoms with Crippen molar-refractivity contribution < 1.29 is 4.79 Å². The molecule has 1 aromatic heterocycles. The molecular formula is C8H11BrN2OS. The van der Waals surface area contributed by atoms with Crippen molar-refractivity contribution >= 4 is 38.3 Å². The lowest BCUT2D eigenvalue weighted by atomic mass is 10.3. The number of alkyl halides is 1. The average Bonchev–Trinajstić information content (AvgIpc) is 2.46. The van der Waals surface area contributed by atoms with Crippen LogP contribution in [-0.4, -0.2) is 16.2 Å². The number of aryl methyl sites for hydroxylation is 2. The third kappa shape index (κ3) is 2.77. The number of halogens is 1. The third-order valence-electron chi connectivity index (χ3n) is 1.60. The van der Waals surface area contributed by atoms with E-state index in [1.807, 2.05) is 6.92 Å². The Kier molecular flexibility index (Phi) is 3.87. The molecule has 0 saturated carbocycles. The molecule has 0 bridgehead atoms. The molecule has 0 atom stereocenters. The Bertz CT molecular complexity index is 311. The molecule has 5 heteroatoms. The van der Waals surface area contributed by atoms with Gasteiger partial charge < -0.3 is 5.32 Å². The molecule has 1 N–H and O–H groups in total. The predicted octanol–water partition coefficient (Wildman–Crippen LogP) is 2.35. The van der Waals surface area contributed by atoms with Crippen molar-refractivity contribution in [2.45, 2.75) is 20.3 Å². The van der Waals surface area contributed by atoms with E-state index in [0.29, 0.717) is 10.5 Å². The molecule has 0 fully saturated rings. The van der Waals surface area contributed by atoms with Gasteiger partial charge in [-0.3, -0.25) is 4.79 Å². The highest BCUT2D eigenvalue weighted by Gasteiger charge is 2.07. The van der Waals surface area contributed by atoms with E-state index in [4.69, 9.17) is 0 Å². The number of nitrogens with zero attached hydrogens (tertiary/aromatic N) is 1. The molecule has 0 aliphatic carbocycles. The van der Waals surface area contributed by atoms with Crippen molar-refractivity contribution in [3.05, 3.63) is 10.6 Å². The van der Waals surface area contributed by atoms with Crippen LogP contribution < -0.4 is 5.32 Å². The van der Waals surface area contributed by atoms with Gasteiger partial charge in [0.2, 0.25) is 5.91 Å². The second-order valence-electron chi connectivity index (χ2n) is 2.56. The van der Waals surface area contributed by atoms with Crippen LogP contribution in [-0.2, 0) is 11.2 Å². The Morgan fingerprint density at radius 1 is 1.69 bits per heavy atom. The molecule has 0 aliphatic rings. The molecule has 1 heterocycles. The van der Waals surface area contributed by atoms with E-state index in [1.165, 1.54) is 16.2 Å². The summed E-state index contributed by atoms with van der Waals surface area (Å²) in [5.41, 5.74) is 1.06. The first-order chi connectivity index (χ1) is 6.17. The normalized spacial score (nSPS) is 10.1. The number of nitrogens with one attached hydrogen (secondary N) is 1. The summed E-state index contributed by atoms with van der Waals surface area (Å²) in [6.07, 6.45) is 0.909. The summed E-state index contributed by atoms with van der Waals surface area (Å²) in [6, 6.07) is 0. The molecule has 0 spiro atoms. The van der Waals surface area contributed by atoms with Gasteiger partial charge in [-0.05, 0) is 13.3 Å². The van der Waals surface area contributed by atoms with Gasteiger partial charge in [0.05, 0.1) is 11.0 Å². The van der Waals surface area contributed by atoms with E-state index in [0.717, 1.165) is 12.1 Å². The molecular weight excluding hydrogens is 252 g/mol. The lowest BCUT2D eigenvalue weighted by Gasteiger charge is -1.94. The minimum Gasteiger partial charge on any atom is -0.301 e. The predicted molar refractivity (Wildman–Crippen MR) is 58.7 cm³/mol. The molecule has 0 aliphatic heterocycles. The van der Waals surface area contributed by atoms with Gasteiger partial charge in [0.15, 0.2) is 5.13 Å². The molecule has 0 saturated heterocycles. The Morgan fingerprint density at radius 3 is 2.85 bits per heavy atom. The number of carbonyl (C=O) groups is 1. The fraction of sp³-hybridized carbons (Fsp3) is 0.500. The molecule has 0 radical (unpaired) electrons. The second kappa shape index (κ2) is 4.72. The van der Waals surface area contributed by atoms with Crippen LogP contribution in [0.15, 0.2) is 0 Å². The average molecular weight is 263 g/mol. The Hall–Kier alpha value is -0.420. The van der Waals surface area contributed by atoms with Crippen LogP contribution in [0.25, 0.3) is 0 Å². The number of amides is 1. The van der Waals surface area contributed by atoms with Crippen LogP contribution in [0.1, 0.15) is 17.5 Å². The maximum absolute atomic E-state index is 11.0. The zero-order chi connectivity index (χ0) is 9.84. The van der Waals surface area contributed by atoms with E-state index in [1.54, 1.807) is 0 Å². The van der Waals surface area contributed by atoms with Gasteiger partial charge in [-0.15, -0.1) is 11.3 Å². The second-order valence-corrected chi connectivity index (χ2v) is 4.32. The van der Waals surface area contributed by atoms with Gasteiger partial charge in [-0.2, -0.15) is 0 Å². The Labute approximate surface area is 89.7 Å². The molecule has 1 rings (SSSR count). The van der Waals surface area contributed by atoms with Crippen molar-refractivity contribution in [1.29, 1.82) is 0 Å². The lowest BCUT2D eigenvalue weighted by Crippen LogP contribution is -2.11. The van der Waals surface area contributed by atoms with Gasteiger partial charge in [0.1, 0.15) is 0 Å². The SMILES string of the molecule is CCc1nc(NC(=O)CBr)sc1C. The van der Waals surface area contributed by atoms with Crippen molar-refractivity contribution in [2.75, 3.05) is 10.6 Å². The van der Waals surface area contributed by atoms with Gasteiger partial charge in [-0.1, -0.05) is 22.9 Å². The minimum atomic E-state index is -0.0589. The fourth-order valence-corrected chi connectivity index (χ4v) is 2.02. The molecule has 0 unspecified atom stereocenters. The zero-order valence-electron chi connectivity index (χ0n) is 7.56. The standard InChI is InChI=1S/C8H11BrN2OS/c1-3-6-5(2)13-8(10-6)11-7(12)4-9/h3-4H2,1-2H3,(H,10,11,12). The van der Waals surface area contributed by atoms with Crippen LogP contribution in [0.4, 0.5) is 5.13 Å². The number of rotatable bonds is 3. The number of hydrogen-bond donors (Lipinski definition) is 1. The molecule has 13 heavy (non-hydrogen) atoms. The Balaban J connectivity index is 2.73. The van der Waals surface area contributed by atoms with E-state index in [2.05, 4.69) is 33.2 Å². The van der Waals surface area contributed by atoms with Crippen LogP contribution >= 0.6 is 27.3 Å². The minimum absolute atomic E-state index is 0.0589. The zero-order valence-corrected chi connectivity index (χ0v) is 9.96. The van der Waals surface area contributed by atoms with Crippen molar-refractivity contribution in [1.82, 2.24) is 4.98 Å². The quantitative estimate of drug-likeness (QED) is 0.850. The highest BCUT2D eigenvalue weighted by molar-refractivity contribution is 9.09. The number of thiazole rings is 1. The van der Waals surface area contributed by atoms with E-state index in [-0.39, 0.29) is 5.91 Å². The van der Waals surface area contributed by atoms with Crippen molar-refractivity contribution in [2.24, 2.45) is 0 Å². The molecule has 1 aromatic rings. The smallest absolute Gasteiger partial charge is 0.236 e. The Morgan fingerprint density at radius 2 is 2.38 bits per heavy atom. The van der Waals surface area contributed by atoms with Crippen molar-refractivity contribution in [3.8, 4) is 0 Å². The van der Waals surface area contributed by atoms with Crippen LogP contribution in [0, 0.1) is 6.92 Å². The summed E-state index contributed by atoms with van der Waals surface area (Å²) in [7, 11) is 0. The number of aromatic nitrogens is 1. The van der Waals surface area contributed by atoms with Crippen molar-refractivity contribution in [3.63, 3.8) is 0 Å². The van der Waals surface area contributed by atoms with Crippen LogP contribution in [0.3, 0.4) is 0 Å². The number of anilines is 1.